The minimum absolute atomic E-state index is 0.0542. The van der Waals surface area contributed by atoms with Crippen molar-refractivity contribution in [2.24, 2.45) is 28.6 Å². The smallest absolute Gasteiger partial charge is 0.159 e. The number of aliphatic hydroxyl groups is 5. The lowest BCUT2D eigenvalue weighted by molar-refractivity contribution is -0.186. The number of carbonyl (C=O) groups is 1. The van der Waals surface area contributed by atoms with Crippen LogP contribution >= 0.6 is 0 Å². The SMILES string of the molecule is CCCO[C@H](CCC(C)(C)O)[C@@](C)(O)C1CC[C@@]2(O)C3=CC(=O)[C@@H]4C[C@@H](O)[C@@H](O)C[C@]4(C)C3CC[C@]12C. The molecule has 7 heteroatoms. The van der Waals surface area contributed by atoms with E-state index in [0.717, 1.165) is 18.4 Å². The van der Waals surface area contributed by atoms with Gasteiger partial charge in [-0.05, 0) is 107 Å². The van der Waals surface area contributed by atoms with Crippen molar-refractivity contribution in [2.45, 2.75) is 134 Å². The highest BCUT2D eigenvalue weighted by molar-refractivity contribution is 5.95. The van der Waals surface area contributed by atoms with E-state index >= 15 is 0 Å². The zero-order valence-electron chi connectivity index (χ0n) is 23.7. The van der Waals surface area contributed by atoms with Gasteiger partial charge in [0.15, 0.2) is 5.78 Å². The van der Waals surface area contributed by atoms with E-state index in [1.54, 1.807) is 19.9 Å². The first-order valence-corrected chi connectivity index (χ1v) is 14.4. The van der Waals surface area contributed by atoms with Gasteiger partial charge >= 0.3 is 0 Å². The Balaban J connectivity index is 1.68. The molecular formula is C30H50O7. The number of rotatable bonds is 8. The molecule has 0 bridgehead atoms. The average molecular weight is 523 g/mol. The summed E-state index contributed by atoms with van der Waals surface area (Å²) in [6, 6.07) is 0. The van der Waals surface area contributed by atoms with Crippen LogP contribution in [0.15, 0.2) is 11.6 Å². The molecule has 0 aliphatic heterocycles. The number of hydrogen-bond donors (Lipinski definition) is 5. The molecule has 7 nitrogen and oxygen atoms in total. The highest BCUT2D eigenvalue weighted by atomic mass is 16.5. The molecule has 4 rings (SSSR count). The third-order valence-electron chi connectivity index (χ3n) is 11.0. The summed E-state index contributed by atoms with van der Waals surface area (Å²) in [6.07, 6.45) is 4.29. The molecular weight excluding hydrogens is 472 g/mol. The lowest BCUT2D eigenvalue weighted by atomic mass is 9.45. The van der Waals surface area contributed by atoms with E-state index in [9.17, 15) is 30.3 Å². The summed E-state index contributed by atoms with van der Waals surface area (Å²) in [5.74, 6) is -0.736. The number of ether oxygens (including phenoxy) is 1. The molecule has 3 saturated carbocycles. The van der Waals surface area contributed by atoms with Crippen LogP contribution < -0.4 is 0 Å². The highest BCUT2D eigenvalue weighted by Crippen LogP contribution is 2.68. The summed E-state index contributed by atoms with van der Waals surface area (Å²) in [7, 11) is 0. The number of fused-ring (bicyclic) bond motifs is 5. The quantitative estimate of drug-likeness (QED) is 0.331. The largest absolute Gasteiger partial charge is 0.390 e. The fourth-order valence-corrected chi connectivity index (χ4v) is 8.82. The molecule has 0 amide bonds. The second-order valence-corrected chi connectivity index (χ2v) is 14.0. The summed E-state index contributed by atoms with van der Waals surface area (Å²) >= 11 is 0. The predicted molar refractivity (Wildman–Crippen MR) is 141 cm³/mol. The van der Waals surface area contributed by atoms with Crippen molar-refractivity contribution in [3.63, 3.8) is 0 Å². The van der Waals surface area contributed by atoms with Gasteiger partial charge in [-0.3, -0.25) is 4.79 Å². The Bertz CT molecular complexity index is 906. The molecule has 212 valence electrons. The second-order valence-electron chi connectivity index (χ2n) is 14.0. The average Bonchev–Trinajstić information content (AvgIpc) is 3.07. The number of hydrogen-bond acceptors (Lipinski definition) is 7. The van der Waals surface area contributed by atoms with Crippen LogP contribution in [0, 0.1) is 28.6 Å². The minimum Gasteiger partial charge on any atom is -0.390 e. The molecule has 5 N–H and O–H groups in total. The van der Waals surface area contributed by atoms with E-state index in [0.29, 0.717) is 45.1 Å². The number of aliphatic hydroxyl groups excluding tert-OH is 2. The molecule has 4 aliphatic rings. The van der Waals surface area contributed by atoms with E-state index < -0.39 is 45.9 Å². The van der Waals surface area contributed by atoms with Crippen molar-refractivity contribution in [3.8, 4) is 0 Å². The van der Waals surface area contributed by atoms with Gasteiger partial charge in [0.05, 0.1) is 35.1 Å². The Morgan fingerprint density at radius 3 is 2.38 bits per heavy atom. The standard InChI is InChI=1S/C30H50O7/c1-7-14-37-25(10-11-26(2,3)34)29(6,35)24-9-13-30(36)19-15-21(31)20-16-22(32)23(33)17-27(20,4)18(19)8-12-28(24,30)5/h15,18,20,22-25,32-36H,7-14,16-17H2,1-6H3/t18?,20-,22+,23-,24?,25+,27+,28+,29-,30+/m0/s1. The maximum atomic E-state index is 13.4. The van der Waals surface area contributed by atoms with Crippen LogP contribution in [0.3, 0.4) is 0 Å². The number of carbonyl (C=O) groups excluding carboxylic acids is 1. The van der Waals surface area contributed by atoms with Crippen molar-refractivity contribution in [1.29, 1.82) is 0 Å². The molecule has 0 aromatic rings. The van der Waals surface area contributed by atoms with E-state index in [1.165, 1.54) is 0 Å². The van der Waals surface area contributed by atoms with Crippen LogP contribution in [-0.4, -0.2) is 73.0 Å². The van der Waals surface area contributed by atoms with Crippen molar-refractivity contribution in [2.75, 3.05) is 6.61 Å². The molecule has 0 heterocycles. The summed E-state index contributed by atoms with van der Waals surface area (Å²) in [6.45, 7) is 12.0. The Hall–Kier alpha value is -0.830. The molecule has 0 radical (unpaired) electrons. The van der Waals surface area contributed by atoms with E-state index in [2.05, 4.69) is 6.92 Å². The zero-order valence-corrected chi connectivity index (χ0v) is 23.7. The first-order valence-electron chi connectivity index (χ1n) is 14.4. The van der Waals surface area contributed by atoms with Crippen molar-refractivity contribution < 1.29 is 35.1 Å². The van der Waals surface area contributed by atoms with Crippen molar-refractivity contribution in [1.82, 2.24) is 0 Å². The zero-order chi connectivity index (χ0) is 27.6. The first kappa shape index (κ1) is 29.2. The van der Waals surface area contributed by atoms with E-state index in [4.69, 9.17) is 4.74 Å². The number of allylic oxidation sites excluding steroid dienone is 1. The summed E-state index contributed by atoms with van der Waals surface area (Å²) in [4.78, 5) is 13.4. The van der Waals surface area contributed by atoms with Gasteiger partial charge in [-0.15, -0.1) is 0 Å². The topological polar surface area (TPSA) is 127 Å². The van der Waals surface area contributed by atoms with Gasteiger partial charge in [0, 0.05) is 17.9 Å². The first-order chi connectivity index (χ1) is 17.0. The van der Waals surface area contributed by atoms with E-state index in [-0.39, 0.29) is 30.0 Å². The molecule has 0 aromatic heterocycles. The monoisotopic (exact) mass is 522 g/mol. The summed E-state index contributed by atoms with van der Waals surface area (Å²) in [5.41, 5.74) is -3.76. The molecule has 0 aromatic carbocycles. The molecule has 0 spiro atoms. The van der Waals surface area contributed by atoms with Gasteiger partial charge < -0.3 is 30.3 Å². The van der Waals surface area contributed by atoms with Gasteiger partial charge in [0.25, 0.3) is 0 Å². The van der Waals surface area contributed by atoms with Crippen LogP contribution in [0.5, 0.6) is 0 Å². The van der Waals surface area contributed by atoms with Crippen LogP contribution in [0.25, 0.3) is 0 Å². The Kier molecular flexibility index (Phi) is 7.62. The fourth-order valence-electron chi connectivity index (χ4n) is 8.82. The van der Waals surface area contributed by atoms with Gasteiger partial charge in [0.1, 0.15) is 0 Å². The molecule has 37 heavy (non-hydrogen) atoms. The minimum atomic E-state index is -1.24. The van der Waals surface area contributed by atoms with Crippen LogP contribution in [0.4, 0.5) is 0 Å². The van der Waals surface area contributed by atoms with Crippen LogP contribution in [0.1, 0.15) is 99.3 Å². The molecule has 3 fully saturated rings. The Labute approximate surface area is 222 Å². The predicted octanol–water partition coefficient (Wildman–Crippen LogP) is 3.29. The van der Waals surface area contributed by atoms with E-state index in [1.807, 2.05) is 20.8 Å². The lowest BCUT2D eigenvalue weighted by Crippen LogP contribution is -2.63. The van der Waals surface area contributed by atoms with Gasteiger partial charge in [-0.2, -0.15) is 0 Å². The van der Waals surface area contributed by atoms with Gasteiger partial charge in [0.2, 0.25) is 0 Å². The fraction of sp³-hybridized carbons (Fsp3) is 0.900. The normalized spacial score (nSPS) is 44.4. The van der Waals surface area contributed by atoms with Crippen LogP contribution in [-0.2, 0) is 9.53 Å². The van der Waals surface area contributed by atoms with Crippen LogP contribution in [0.2, 0.25) is 0 Å². The molecule has 10 atom stereocenters. The molecule has 2 unspecified atom stereocenters. The maximum absolute atomic E-state index is 13.4. The van der Waals surface area contributed by atoms with Gasteiger partial charge in [-0.1, -0.05) is 20.8 Å². The second kappa shape index (κ2) is 9.67. The third-order valence-corrected chi connectivity index (χ3v) is 11.0. The Morgan fingerprint density at radius 1 is 1.08 bits per heavy atom. The molecule has 4 aliphatic carbocycles. The highest BCUT2D eigenvalue weighted by Gasteiger charge is 2.69. The van der Waals surface area contributed by atoms with Crippen molar-refractivity contribution in [3.05, 3.63) is 11.6 Å². The summed E-state index contributed by atoms with van der Waals surface area (Å²) in [5, 5.41) is 55.7. The third kappa shape index (κ3) is 4.66. The number of ketones is 1. The van der Waals surface area contributed by atoms with Crippen molar-refractivity contribution >= 4 is 5.78 Å². The maximum Gasteiger partial charge on any atom is 0.159 e. The van der Waals surface area contributed by atoms with Gasteiger partial charge in [-0.25, -0.2) is 0 Å². The lowest BCUT2D eigenvalue weighted by Gasteiger charge is -2.60. The Morgan fingerprint density at radius 2 is 1.76 bits per heavy atom. The summed E-state index contributed by atoms with van der Waals surface area (Å²) < 4.78 is 6.19. The molecule has 0 saturated heterocycles.